The maximum Gasteiger partial charge on any atom is 0.158 e. The van der Waals surface area contributed by atoms with Crippen LogP contribution in [0.3, 0.4) is 0 Å². The molecule has 0 spiro atoms. The van der Waals surface area contributed by atoms with Crippen molar-refractivity contribution in [3.05, 3.63) is 0 Å². The van der Waals surface area contributed by atoms with Gasteiger partial charge in [-0.05, 0) is 0 Å². The molecule has 3 nitrogen and oxygen atoms in total. The predicted molar refractivity (Wildman–Crippen MR) is 37.1 cm³/mol. The third-order valence-corrected chi connectivity index (χ3v) is 3.04. The van der Waals surface area contributed by atoms with E-state index < -0.39 is 0 Å². The van der Waals surface area contributed by atoms with Crippen LogP contribution in [0.25, 0.3) is 0 Å². The molecule has 3 heteroatoms. The third kappa shape index (κ3) is 0.789. The van der Waals surface area contributed by atoms with Crippen molar-refractivity contribution < 1.29 is 14.2 Å². The fourth-order valence-corrected chi connectivity index (χ4v) is 2.40. The molecule has 2 unspecified atom stereocenters. The number of fused-ring (bicyclic) bond motifs is 3. The first-order chi connectivity index (χ1) is 5.38. The largest absolute Gasteiger partial charge is 0.369 e. The summed E-state index contributed by atoms with van der Waals surface area (Å²) in [5.74, 6) is 0.630. The second kappa shape index (κ2) is 1.97. The molecule has 1 aliphatic carbocycles. The molecular formula is C8H12O3. The average Bonchev–Trinajstić information content (AvgIpc) is 2.55. The quantitative estimate of drug-likeness (QED) is 0.519. The number of hydrogen-bond donors (Lipinski definition) is 0. The summed E-state index contributed by atoms with van der Waals surface area (Å²) in [6.45, 7) is 0. The van der Waals surface area contributed by atoms with Crippen molar-refractivity contribution in [3.8, 4) is 0 Å². The summed E-state index contributed by atoms with van der Waals surface area (Å²) in [7, 11) is 1.71. The van der Waals surface area contributed by atoms with Gasteiger partial charge in [0.05, 0.1) is 18.3 Å². The molecule has 2 aliphatic heterocycles. The molecule has 0 amide bonds. The van der Waals surface area contributed by atoms with Crippen molar-refractivity contribution in [2.45, 2.75) is 37.4 Å². The molecule has 1 saturated carbocycles. The Balaban J connectivity index is 1.73. The van der Waals surface area contributed by atoms with Gasteiger partial charge in [-0.1, -0.05) is 0 Å². The molecule has 2 heterocycles. The van der Waals surface area contributed by atoms with E-state index >= 15 is 0 Å². The molecule has 62 valence electrons. The van der Waals surface area contributed by atoms with Gasteiger partial charge in [-0.25, -0.2) is 0 Å². The lowest BCUT2D eigenvalue weighted by molar-refractivity contribution is -0.117. The summed E-state index contributed by atoms with van der Waals surface area (Å²) >= 11 is 0. The van der Waals surface area contributed by atoms with Crippen LogP contribution in [0.1, 0.15) is 12.8 Å². The van der Waals surface area contributed by atoms with Gasteiger partial charge in [0, 0.05) is 25.9 Å². The Morgan fingerprint density at radius 2 is 2.09 bits per heavy atom. The summed E-state index contributed by atoms with van der Waals surface area (Å²) in [6, 6.07) is 0. The van der Waals surface area contributed by atoms with Crippen LogP contribution in [0.2, 0.25) is 0 Å². The molecule has 0 bridgehead atoms. The molecule has 3 rings (SSSR count). The SMILES string of the molecule is CO[C@@H]1C[C@@H]2C3OC3C[C@@H]2O1. The zero-order valence-electron chi connectivity index (χ0n) is 6.53. The molecule has 3 fully saturated rings. The number of methoxy groups -OCH3 is 1. The number of epoxide rings is 1. The second-order valence-corrected chi connectivity index (χ2v) is 3.61. The standard InChI is InChI=1S/C8H12O3/c1-9-7-2-4-5(10-7)3-6-8(4)11-6/h4-8H,2-3H2,1H3/t4-,5-,6?,7-,8?/m0/s1. The summed E-state index contributed by atoms with van der Waals surface area (Å²) < 4.78 is 16.2. The highest BCUT2D eigenvalue weighted by Crippen LogP contribution is 2.50. The van der Waals surface area contributed by atoms with Crippen molar-refractivity contribution in [3.63, 3.8) is 0 Å². The van der Waals surface area contributed by atoms with Gasteiger partial charge in [-0.2, -0.15) is 0 Å². The van der Waals surface area contributed by atoms with Gasteiger partial charge in [0.15, 0.2) is 6.29 Å². The minimum absolute atomic E-state index is 0.0372. The van der Waals surface area contributed by atoms with Crippen molar-refractivity contribution in [1.29, 1.82) is 0 Å². The summed E-state index contributed by atoms with van der Waals surface area (Å²) in [6.07, 6.45) is 3.64. The molecule has 11 heavy (non-hydrogen) atoms. The molecule has 2 saturated heterocycles. The predicted octanol–water partition coefficient (Wildman–Crippen LogP) is 0.535. The van der Waals surface area contributed by atoms with E-state index in [-0.39, 0.29) is 6.29 Å². The highest BCUT2D eigenvalue weighted by Gasteiger charge is 2.59. The fraction of sp³-hybridized carbons (Fsp3) is 1.00. The van der Waals surface area contributed by atoms with Crippen LogP contribution in [0.4, 0.5) is 0 Å². The average molecular weight is 156 g/mol. The first kappa shape index (κ1) is 6.40. The van der Waals surface area contributed by atoms with Gasteiger partial charge in [0.25, 0.3) is 0 Å². The Bertz CT molecular complexity index is 182. The molecule has 0 radical (unpaired) electrons. The molecule has 5 atom stereocenters. The van der Waals surface area contributed by atoms with E-state index in [1.54, 1.807) is 7.11 Å². The first-order valence-corrected chi connectivity index (χ1v) is 4.22. The van der Waals surface area contributed by atoms with E-state index in [0.717, 1.165) is 12.8 Å². The number of hydrogen-bond acceptors (Lipinski definition) is 3. The lowest BCUT2D eigenvalue weighted by Gasteiger charge is -2.10. The first-order valence-electron chi connectivity index (χ1n) is 4.22. The van der Waals surface area contributed by atoms with Gasteiger partial charge >= 0.3 is 0 Å². The highest BCUT2D eigenvalue weighted by atomic mass is 16.7. The van der Waals surface area contributed by atoms with Crippen molar-refractivity contribution in [2.24, 2.45) is 5.92 Å². The van der Waals surface area contributed by atoms with E-state index in [1.807, 2.05) is 0 Å². The van der Waals surface area contributed by atoms with E-state index in [0.29, 0.717) is 24.2 Å². The van der Waals surface area contributed by atoms with Gasteiger partial charge in [-0.3, -0.25) is 0 Å². The van der Waals surface area contributed by atoms with Crippen LogP contribution in [0.5, 0.6) is 0 Å². The second-order valence-electron chi connectivity index (χ2n) is 3.61. The molecule has 0 aromatic rings. The van der Waals surface area contributed by atoms with Crippen LogP contribution >= 0.6 is 0 Å². The Labute approximate surface area is 65.6 Å². The van der Waals surface area contributed by atoms with Crippen molar-refractivity contribution >= 4 is 0 Å². The van der Waals surface area contributed by atoms with Crippen molar-refractivity contribution in [1.82, 2.24) is 0 Å². The Hall–Kier alpha value is -0.120. The Morgan fingerprint density at radius 3 is 2.82 bits per heavy atom. The van der Waals surface area contributed by atoms with Crippen LogP contribution in [-0.2, 0) is 14.2 Å². The van der Waals surface area contributed by atoms with Gasteiger partial charge in [0.1, 0.15) is 0 Å². The minimum atomic E-state index is 0.0372. The van der Waals surface area contributed by atoms with Gasteiger partial charge in [-0.15, -0.1) is 0 Å². The van der Waals surface area contributed by atoms with Crippen LogP contribution in [-0.4, -0.2) is 31.7 Å². The summed E-state index contributed by atoms with van der Waals surface area (Å²) in [5, 5.41) is 0. The number of ether oxygens (including phenoxy) is 3. The van der Waals surface area contributed by atoms with Gasteiger partial charge in [0.2, 0.25) is 0 Å². The molecular weight excluding hydrogens is 144 g/mol. The third-order valence-electron chi connectivity index (χ3n) is 3.04. The van der Waals surface area contributed by atoms with E-state index in [4.69, 9.17) is 14.2 Å². The fourth-order valence-electron chi connectivity index (χ4n) is 2.40. The van der Waals surface area contributed by atoms with E-state index in [2.05, 4.69) is 0 Å². The zero-order chi connectivity index (χ0) is 7.42. The monoisotopic (exact) mass is 156 g/mol. The van der Waals surface area contributed by atoms with Gasteiger partial charge < -0.3 is 14.2 Å². The molecule has 0 aromatic heterocycles. The normalized spacial score (nSPS) is 59.2. The van der Waals surface area contributed by atoms with Crippen LogP contribution in [0, 0.1) is 5.92 Å². The highest BCUT2D eigenvalue weighted by molar-refractivity contribution is 5.05. The molecule has 0 N–H and O–H groups in total. The van der Waals surface area contributed by atoms with E-state index in [9.17, 15) is 0 Å². The topological polar surface area (TPSA) is 31.0 Å². The minimum Gasteiger partial charge on any atom is -0.369 e. The van der Waals surface area contributed by atoms with Crippen LogP contribution in [0.15, 0.2) is 0 Å². The Morgan fingerprint density at radius 1 is 1.18 bits per heavy atom. The summed E-state index contributed by atoms with van der Waals surface area (Å²) in [5.41, 5.74) is 0. The molecule has 3 aliphatic rings. The molecule has 0 aromatic carbocycles. The lowest BCUT2D eigenvalue weighted by atomic mass is 10.0. The number of rotatable bonds is 1. The zero-order valence-corrected chi connectivity index (χ0v) is 6.53. The Kier molecular flexibility index (Phi) is 1.15. The maximum atomic E-state index is 5.63. The smallest absolute Gasteiger partial charge is 0.158 e. The summed E-state index contributed by atoms with van der Waals surface area (Å²) in [4.78, 5) is 0. The lowest BCUT2D eigenvalue weighted by Crippen LogP contribution is -2.14. The van der Waals surface area contributed by atoms with Crippen LogP contribution < -0.4 is 0 Å². The maximum absolute atomic E-state index is 5.63. The van der Waals surface area contributed by atoms with E-state index in [1.165, 1.54) is 0 Å². The van der Waals surface area contributed by atoms with Crippen molar-refractivity contribution in [2.75, 3.05) is 7.11 Å².